The van der Waals surface area contributed by atoms with Crippen LogP contribution < -0.4 is 5.32 Å². The fourth-order valence-electron chi connectivity index (χ4n) is 3.62. The van der Waals surface area contributed by atoms with Crippen molar-refractivity contribution in [2.45, 2.75) is 26.7 Å². The third-order valence-electron chi connectivity index (χ3n) is 5.32. The first-order valence-corrected chi connectivity index (χ1v) is 10.1. The molecule has 0 saturated carbocycles. The van der Waals surface area contributed by atoms with Gasteiger partial charge in [-0.1, -0.05) is 38.1 Å². The van der Waals surface area contributed by atoms with E-state index in [1.54, 1.807) is 4.68 Å². The Labute approximate surface area is 179 Å². The molecule has 3 aromatic heterocycles. The van der Waals surface area contributed by atoms with Crippen LogP contribution >= 0.6 is 0 Å². The Hall–Kier alpha value is -4.18. The van der Waals surface area contributed by atoms with Gasteiger partial charge < -0.3 is 4.42 Å². The molecule has 0 atom stereocenters. The standard InChI is InChI=1S/C24H20N6O/c1-14(2)16-8-9-21-20(11-16)28-24(31-21)29-23-17(12-25)13-26-30(23)22-10-15(3)18-6-4-5-7-19(18)27-22/h4-11,13-14H,1-3H3,(H,28,29). The fraction of sp³-hybridized carbons (Fsp3) is 0.167. The molecule has 5 aromatic rings. The second-order valence-electron chi connectivity index (χ2n) is 7.77. The van der Waals surface area contributed by atoms with Crippen LogP contribution in [0.4, 0.5) is 11.8 Å². The van der Waals surface area contributed by atoms with E-state index in [2.05, 4.69) is 35.3 Å². The van der Waals surface area contributed by atoms with Crippen molar-refractivity contribution >= 4 is 33.8 Å². The first-order valence-electron chi connectivity index (χ1n) is 10.1. The van der Waals surface area contributed by atoms with Crippen molar-refractivity contribution in [3.8, 4) is 11.9 Å². The van der Waals surface area contributed by atoms with Gasteiger partial charge in [0.15, 0.2) is 17.2 Å². The predicted octanol–water partition coefficient (Wildman–Crippen LogP) is 5.61. The van der Waals surface area contributed by atoms with E-state index in [0.29, 0.717) is 34.7 Å². The molecule has 2 aromatic carbocycles. The predicted molar refractivity (Wildman–Crippen MR) is 120 cm³/mol. The summed E-state index contributed by atoms with van der Waals surface area (Å²) in [6.07, 6.45) is 1.51. The lowest BCUT2D eigenvalue weighted by Crippen LogP contribution is -2.06. The Morgan fingerprint density at radius 1 is 1.06 bits per heavy atom. The van der Waals surface area contributed by atoms with E-state index in [4.69, 9.17) is 9.40 Å². The summed E-state index contributed by atoms with van der Waals surface area (Å²) in [7, 11) is 0. The van der Waals surface area contributed by atoms with Crippen molar-refractivity contribution in [2.24, 2.45) is 0 Å². The summed E-state index contributed by atoms with van der Waals surface area (Å²) in [5, 5.41) is 18.2. The van der Waals surface area contributed by atoms with E-state index in [1.807, 2.05) is 55.5 Å². The normalized spacial score (nSPS) is 11.3. The SMILES string of the molecule is Cc1cc(-n2ncc(C#N)c2Nc2nc3cc(C(C)C)ccc3o2)nc2ccccc12. The zero-order valence-electron chi connectivity index (χ0n) is 17.4. The van der Waals surface area contributed by atoms with Gasteiger partial charge in [0, 0.05) is 5.39 Å². The molecule has 0 saturated heterocycles. The Kier molecular flexibility index (Phi) is 4.41. The maximum absolute atomic E-state index is 9.61. The van der Waals surface area contributed by atoms with Crippen LogP contribution in [0.15, 0.2) is 59.1 Å². The van der Waals surface area contributed by atoms with Gasteiger partial charge in [-0.3, -0.25) is 5.32 Å². The maximum atomic E-state index is 9.61. The largest absolute Gasteiger partial charge is 0.423 e. The number of nitriles is 1. The Bertz CT molecular complexity index is 1470. The van der Waals surface area contributed by atoms with E-state index in [-0.39, 0.29) is 0 Å². The molecule has 0 radical (unpaired) electrons. The molecule has 0 unspecified atom stereocenters. The monoisotopic (exact) mass is 408 g/mol. The van der Waals surface area contributed by atoms with Gasteiger partial charge in [0.2, 0.25) is 0 Å². The fourth-order valence-corrected chi connectivity index (χ4v) is 3.62. The number of aryl methyl sites for hydroxylation is 1. The van der Waals surface area contributed by atoms with Crippen LogP contribution in [0.3, 0.4) is 0 Å². The number of aromatic nitrogens is 4. The van der Waals surface area contributed by atoms with Crippen molar-refractivity contribution in [3.63, 3.8) is 0 Å². The van der Waals surface area contributed by atoms with Crippen molar-refractivity contribution < 1.29 is 4.42 Å². The van der Waals surface area contributed by atoms with E-state index in [0.717, 1.165) is 22.0 Å². The van der Waals surface area contributed by atoms with Crippen LogP contribution in [0.2, 0.25) is 0 Å². The lowest BCUT2D eigenvalue weighted by atomic mass is 10.0. The molecule has 0 bridgehead atoms. The Balaban J connectivity index is 1.59. The topological polar surface area (TPSA) is 92.6 Å². The first-order chi connectivity index (χ1) is 15.0. The molecule has 7 nitrogen and oxygen atoms in total. The number of nitrogens with zero attached hydrogens (tertiary/aromatic N) is 5. The van der Waals surface area contributed by atoms with E-state index < -0.39 is 0 Å². The highest BCUT2D eigenvalue weighted by Gasteiger charge is 2.17. The highest BCUT2D eigenvalue weighted by molar-refractivity contribution is 5.83. The summed E-state index contributed by atoms with van der Waals surface area (Å²) in [6, 6.07) is 18.3. The number of hydrogen-bond donors (Lipinski definition) is 1. The Morgan fingerprint density at radius 2 is 1.90 bits per heavy atom. The smallest absolute Gasteiger partial charge is 0.301 e. The molecule has 0 amide bonds. The molecule has 1 N–H and O–H groups in total. The molecule has 0 spiro atoms. The van der Waals surface area contributed by atoms with Gasteiger partial charge in [0.25, 0.3) is 0 Å². The molecule has 0 aliphatic carbocycles. The minimum Gasteiger partial charge on any atom is -0.423 e. The van der Waals surface area contributed by atoms with Gasteiger partial charge in [-0.15, -0.1) is 0 Å². The van der Waals surface area contributed by atoms with E-state index in [1.165, 1.54) is 11.8 Å². The number of rotatable bonds is 4. The quantitative estimate of drug-likeness (QED) is 0.415. The molecule has 7 heteroatoms. The number of oxazole rings is 1. The summed E-state index contributed by atoms with van der Waals surface area (Å²) in [5.74, 6) is 1.46. The molecule has 5 rings (SSSR count). The van der Waals surface area contributed by atoms with Gasteiger partial charge in [-0.2, -0.15) is 20.0 Å². The van der Waals surface area contributed by atoms with Crippen LogP contribution in [0.5, 0.6) is 0 Å². The third kappa shape index (κ3) is 3.28. The second-order valence-corrected chi connectivity index (χ2v) is 7.77. The number of anilines is 2. The number of para-hydroxylation sites is 1. The van der Waals surface area contributed by atoms with Crippen LogP contribution in [-0.4, -0.2) is 19.7 Å². The molecular formula is C24H20N6O. The number of pyridine rings is 1. The minimum absolute atomic E-state index is 0.298. The van der Waals surface area contributed by atoms with Crippen molar-refractivity contribution in [1.29, 1.82) is 5.26 Å². The number of benzene rings is 2. The zero-order chi connectivity index (χ0) is 21.5. The van der Waals surface area contributed by atoms with Crippen LogP contribution in [0, 0.1) is 18.3 Å². The molecule has 0 aliphatic rings. The summed E-state index contributed by atoms with van der Waals surface area (Å²) < 4.78 is 7.47. The van der Waals surface area contributed by atoms with Gasteiger partial charge in [-0.05, 0) is 48.2 Å². The molecule has 0 fully saturated rings. The van der Waals surface area contributed by atoms with Crippen molar-refractivity contribution in [3.05, 3.63) is 71.4 Å². The lowest BCUT2D eigenvalue weighted by Gasteiger charge is -2.10. The summed E-state index contributed by atoms with van der Waals surface area (Å²) in [5.41, 5.74) is 4.93. The molecule has 31 heavy (non-hydrogen) atoms. The number of fused-ring (bicyclic) bond motifs is 2. The second kappa shape index (κ2) is 7.26. The highest BCUT2D eigenvalue weighted by atomic mass is 16.4. The summed E-state index contributed by atoms with van der Waals surface area (Å²) in [6.45, 7) is 6.30. The van der Waals surface area contributed by atoms with Gasteiger partial charge >= 0.3 is 6.01 Å². The van der Waals surface area contributed by atoms with E-state index in [9.17, 15) is 5.26 Å². The van der Waals surface area contributed by atoms with Crippen molar-refractivity contribution in [2.75, 3.05) is 5.32 Å². The molecule has 0 aliphatic heterocycles. The number of nitrogens with one attached hydrogen (secondary N) is 1. The first kappa shape index (κ1) is 18.8. The van der Waals surface area contributed by atoms with Crippen LogP contribution in [0.25, 0.3) is 27.8 Å². The van der Waals surface area contributed by atoms with Crippen LogP contribution in [-0.2, 0) is 0 Å². The minimum atomic E-state index is 0.298. The summed E-state index contributed by atoms with van der Waals surface area (Å²) >= 11 is 0. The average molecular weight is 408 g/mol. The molecule has 3 heterocycles. The summed E-state index contributed by atoms with van der Waals surface area (Å²) in [4.78, 5) is 9.29. The third-order valence-corrected chi connectivity index (χ3v) is 5.32. The highest BCUT2D eigenvalue weighted by Crippen LogP contribution is 2.28. The van der Waals surface area contributed by atoms with E-state index >= 15 is 0 Å². The van der Waals surface area contributed by atoms with Gasteiger partial charge in [0.1, 0.15) is 17.1 Å². The van der Waals surface area contributed by atoms with Crippen molar-refractivity contribution in [1.82, 2.24) is 19.7 Å². The molecular weight excluding hydrogens is 388 g/mol. The lowest BCUT2D eigenvalue weighted by molar-refractivity contribution is 0.621. The average Bonchev–Trinajstić information content (AvgIpc) is 3.36. The molecule has 152 valence electrons. The van der Waals surface area contributed by atoms with Gasteiger partial charge in [0.05, 0.1) is 11.7 Å². The zero-order valence-corrected chi connectivity index (χ0v) is 17.4. The number of hydrogen-bond acceptors (Lipinski definition) is 6. The van der Waals surface area contributed by atoms with Gasteiger partial charge in [-0.25, -0.2) is 4.98 Å². The maximum Gasteiger partial charge on any atom is 0.301 e. The van der Waals surface area contributed by atoms with Crippen LogP contribution in [0.1, 0.15) is 36.5 Å². The Morgan fingerprint density at radius 3 is 2.71 bits per heavy atom.